The van der Waals surface area contributed by atoms with Gasteiger partial charge >= 0.3 is 0 Å². The minimum Gasteiger partial charge on any atom is -0.0642 e. The fourth-order valence-electron chi connectivity index (χ4n) is 2.98. The Morgan fingerprint density at radius 1 is 0.632 bits per heavy atom. The molecule has 0 bridgehead atoms. The molecule has 0 unspecified atom stereocenters. The van der Waals surface area contributed by atoms with Crippen LogP contribution in [0, 0.1) is 13.8 Å². The van der Waals surface area contributed by atoms with Crippen LogP contribution in [0.25, 0.3) is 0 Å². The molecule has 0 atom stereocenters. The summed E-state index contributed by atoms with van der Waals surface area (Å²) in [7, 11) is 0. The smallest absolute Gasteiger partial charge is 0.0197 e. The lowest BCUT2D eigenvalue weighted by molar-refractivity contribution is 0.478. The third-order valence-electron chi connectivity index (χ3n) is 4.42. The van der Waals surface area contributed by atoms with E-state index in [4.69, 9.17) is 0 Å². The van der Waals surface area contributed by atoms with Gasteiger partial charge in [0.15, 0.2) is 0 Å². The molecule has 0 saturated heterocycles. The van der Waals surface area contributed by atoms with Gasteiger partial charge in [0, 0.05) is 5.41 Å². The number of benzene rings is 2. The number of rotatable bonds is 4. The summed E-state index contributed by atoms with van der Waals surface area (Å²) < 4.78 is 0. The van der Waals surface area contributed by atoms with Crippen molar-refractivity contribution in [3.63, 3.8) is 0 Å². The van der Waals surface area contributed by atoms with Crippen molar-refractivity contribution in [1.29, 1.82) is 0 Å². The largest absolute Gasteiger partial charge is 0.0642 e. The molecule has 19 heavy (non-hydrogen) atoms. The maximum atomic E-state index is 2.29. The Hall–Kier alpha value is -1.56. The average Bonchev–Trinajstić information content (AvgIpc) is 2.44. The Labute approximate surface area is 117 Å². The van der Waals surface area contributed by atoms with Gasteiger partial charge in [-0.25, -0.2) is 0 Å². The molecule has 2 rings (SSSR count). The van der Waals surface area contributed by atoms with E-state index >= 15 is 0 Å². The molecule has 0 N–H and O–H groups in total. The monoisotopic (exact) mass is 252 g/mol. The van der Waals surface area contributed by atoms with Gasteiger partial charge in [0.2, 0.25) is 0 Å². The molecule has 0 spiro atoms. The van der Waals surface area contributed by atoms with Crippen molar-refractivity contribution < 1.29 is 0 Å². The second-order valence-corrected chi connectivity index (χ2v) is 5.52. The second kappa shape index (κ2) is 5.61. The SMILES string of the molecule is CCC(CC)(c1ccc(C)cc1)c1ccc(C)cc1. The van der Waals surface area contributed by atoms with E-state index in [2.05, 4.69) is 76.2 Å². The van der Waals surface area contributed by atoms with E-state index in [-0.39, 0.29) is 5.41 Å². The van der Waals surface area contributed by atoms with Gasteiger partial charge in [0.25, 0.3) is 0 Å². The molecule has 2 aromatic rings. The molecule has 0 aromatic heterocycles. The molecule has 0 radical (unpaired) electrons. The summed E-state index contributed by atoms with van der Waals surface area (Å²) in [4.78, 5) is 0. The third kappa shape index (κ3) is 2.58. The highest BCUT2D eigenvalue weighted by Crippen LogP contribution is 2.38. The maximum absolute atomic E-state index is 2.29. The first-order chi connectivity index (χ1) is 9.12. The molecular weight excluding hydrogens is 228 g/mol. The molecule has 0 saturated carbocycles. The third-order valence-corrected chi connectivity index (χ3v) is 4.42. The lowest BCUT2D eigenvalue weighted by Crippen LogP contribution is -2.26. The summed E-state index contributed by atoms with van der Waals surface area (Å²) in [5.74, 6) is 0. The van der Waals surface area contributed by atoms with E-state index in [1.54, 1.807) is 0 Å². The minimum atomic E-state index is 0.154. The van der Waals surface area contributed by atoms with Gasteiger partial charge in [-0.3, -0.25) is 0 Å². The van der Waals surface area contributed by atoms with Crippen LogP contribution in [0.2, 0.25) is 0 Å². The Kier molecular flexibility index (Phi) is 4.09. The van der Waals surface area contributed by atoms with Crippen molar-refractivity contribution in [2.45, 2.75) is 46.0 Å². The fraction of sp³-hybridized carbons (Fsp3) is 0.368. The fourth-order valence-corrected chi connectivity index (χ4v) is 2.98. The molecule has 0 fully saturated rings. The first-order valence-corrected chi connectivity index (χ1v) is 7.26. The summed E-state index contributed by atoms with van der Waals surface area (Å²) in [6, 6.07) is 18.1. The van der Waals surface area contributed by atoms with Crippen LogP contribution in [0.5, 0.6) is 0 Å². The first-order valence-electron chi connectivity index (χ1n) is 7.26. The van der Waals surface area contributed by atoms with Crippen LogP contribution in [0.15, 0.2) is 48.5 Å². The summed E-state index contributed by atoms with van der Waals surface area (Å²) in [5, 5.41) is 0. The molecule has 0 aliphatic carbocycles. The Bertz CT molecular complexity index is 465. The Morgan fingerprint density at radius 2 is 0.947 bits per heavy atom. The van der Waals surface area contributed by atoms with Crippen molar-refractivity contribution in [2.75, 3.05) is 0 Å². The number of hydrogen-bond acceptors (Lipinski definition) is 0. The number of hydrogen-bond donors (Lipinski definition) is 0. The van der Waals surface area contributed by atoms with Crippen molar-refractivity contribution in [3.8, 4) is 0 Å². The molecule has 0 nitrogen and oxygen atoms in total. The molecule has 100 valence electrons. The van der Waals surface area contributed by atoms with E-state index in [0.29, 0.717) is 0 Å². The molecule has 0 aliphatic rings. The zero-order valence-corrected chi connectivity index (χ0v) is 12.5. The predicted molar refractivity (Wildman–Crippen MR) is 83.7 cm³/mol. The van der Waals surface area contributed by atoms with E-state index in [1.807, 2.05) is 0 Å². The van der Waals surface area contributed by atoms with Crippen molar-refractivity contribution >= 4 is 0 Å². The highest BCUT2D eigenvalue weighted by atomic mass is 14.3. The summed E-state index contributed by atoms with van der Waals surface area (Å²) in [6.07, 6.45) is 2.27. The average molecular weight is 252 g/mol. The zero-order valence-electron chi connectivity index (χ0n) is 12.5. The van der Waals surface area contributed by atoms with Gasteiger partial charge in [0.05, 0.1) is 0 Å². The van der Waals surface area contributed by atoms with Crippen LogP contribution in [0.3, 0.4) is 0 Å². The molecular formula is C19H24. The predicted octanol–water partition coefficient (Wildman–Crippen LogP) is 5.41. The highest BCUT2D eigenvalue weighted by Gasteiger charge is 2.30. The first kappa shape index (κ1) is 13.9. The Balaban J connectivity index is 2.53. The van der Waals surface area contributed by atoms with Gasteiger partial charge in [-0.2, -0.15) is 0 Å². The van der Waals surface area contributed by atoms with Gasteiger partial charge in [-0.1, -0.05) is 73.5 Å². The second-order valence-electron chi connectivity index (χ2n) is 5.52. The van der Waals surface area contributed by atoms with E-state index in [0.717, 1.165) is 12.8 Å². The molecule has 0 amide bonds. The molecule has 0 heterocycles. The van der Waals surface area contributed by atoms with Gasteiger partial charge < -0.3 is 0 Å². The normalized spacial score (nSPS) is 11.6. The van der Waals surface area contributed by atoms with Crippen molar-refractivity contribution in [2.24, 2.45) is 0 Å². The van der Waals surface area contributed by atoms with Crippen LogP contribution in [0.4, 0.5) is 0 Å². The van der Waals surface area contributed by atoms with Crippen LogP contribution < -0.4 is 0 Å². The summed E-state index contributed by atoms with van der Waals surface area (Å²) >= 11 is 0. The van der Waals surface area contributed by atoms with Crippen LogP contribution in [-0.4, -0.2) is 0 Å². The lowest BCUT2D eigenvalue weighted by Gasteiger charge is -2.33. The molecule has 0 aliphatic heterocycles. The molecule has 2 aromatic carbocycles. The highest BCUT2D eigenvalue weighted by molar-refractivity contribution is 5.41. The van der Waals surface area contributed by atoms with Crippen LogP contribution >= 0.6 is 0 Å². The standard InChI is InChI=1S/C19H24/c1-5-19(6-2,17-11-7-15(3)8-12-17)18-13-9-16(4)10-14-18/h7-14H,5-6H2,1-4H3. The van der Waals surface area contributed by atoms with E-state index in [9.17, 15) is 0 Å². The van der Waals surface area contributed by atoms with E-state index in [1.165, 1.54) is 22.3 Å². The van der Waals surface area contributed by atoms with Crippen molar-refractivity contribution in [3.05, 3.63) is 70.8 Å². The Morgan fingerprint density at radius 3 is 1.21 bits per heavy atom. The summed E-state index contributed by atoms with van der Waals surface area (Å²) in [5.41, 5.74) is 5.68. The van der Waals surface area contributed by atoms with Crippen LogP contribution in [0.1, 0.15) is 48.9 Å². The quantitative estimate of drug-likeness (QED) is 0.682. The van der Waals surface area contributed by atoms with Gasteiger partial charge in [-0.05, 0) is 37.8 Å². The van der Waals surface area contributed by atoms with Crippen molar-refractivity contribution in [1.82, 2.24) is 0 Å². The maximum Gasteiger partial charge on any atom is 0.0197 e. The zero-order chi connectivity index (χ0) is 13.9. The van der Waals surface area contributed by atoms with E-state index < -0.39 is 0 Å². The lowest BCUT2D eigenvalue weighted by atomic mass is 9.70. The summed E-state index contributed by atoms with van der Waals surface area (Å²) in [6.45, 7) is 8.89. The van der Waals surface area contributed by atoms with Crippen LogP contribution in [-0.2, 0) is 5.41 Å². The minimum absolute atomic E-state index is 0.154. The topological polar surface area (TPSA) is 0 Å². The molecule has 0 heteroatoms. The van der Waals surface area contributed by atoms with Gasteiger partial charge in [0.1, 0.15) is 0 Å². The number of aryl methyl sites for hydroxylation is 2. The van der Waals surface area contributed by atoms with Gasteiger partial charge in [-0.15, -0.1) is 0 Å².